The first-order valence-electron chi connectivity index (χ1n) is 7.16. The molecule has 3 heterocycles. The minimum atomic E-state index is -0.202. The van der Waals surface area contributed by atoms with Crippen LogP contribution in [0.4, 0.5) is 0 Å². The van der Waals surface area contributed by atoms with Crippen molar-refractivity contribution in [2.75, 3.05) is 0 Å². The molecule has 3 aromatic rings. The quantitative estimate of drug-likeness (QED) is 0.735. The molecule has 3 aromatic heterocycles. The Morgan fingerprint density at radius 3 is 3.00 bits per heavy atom. The summed E-state index contributed by atoms with van der Waals surface area (Å²) < 4.78 is 6.88. The highest BCUT2D eigenvalue weighted by molar-refractivity contribution is 5.91. The third-order valence-electron chi connectivity index (χ3n) is 3.24. The summed E-state index contributed by atoms with van der Waals surface area (Å²) in [5, 5.41) is 7.18. The van der Waals surface area contributed by atoms with E-state index in [-0.39, 0.29) is 5.91 Å². The molecule has 0 unspecified atom stereocenters. The highest BCUT2D eigenvalue weighted by atomic mass is 16.3. The van der Waals surface area contributed by atoms with Crippen molar-refractivity contribution in [3.05, 3.63) is 66.4 Å². The fourth-order valence-electron chi connectivity index (χ4n) is 2.15. The standard InChI is InChI=1S/C17H16N4O2/c1-21-16(15-6-2-3-9-18-15)11-13(20-21)12-19-17(22)8-7-14-5-4-10-23-14/h2-11H,12H2,1H3,(H,19,22)/b8-7+. The van der Waals surface area contributed by atoms with E-state index in [9.17, 15) is 4.79 Å². The Morgan fingerprint density at radius 2 is 2.26 bits per heavy atom. The lowest BCUT2D eigenvalue weighted by Gasteiger charge is -1.98. The molecule has 0 bridgehead atoms. The Kier molecular flexibility index (Phi) is 4.33. The van der Waals surface area contributed by atoms with Gasteiger partial charge in [0.1, 0.15) is 5.76 Å². The minimum Gasteiger partial charge on any atom is -0.465 e. The molecule has 6 nitrogen and oxygen atoms in total. The average molecular weight is 308 g/mol. The van der Waals surface area contributed by atoms with E-state index >= 15 is 0 Å². The molecule has 0 saturated carbocycles. The number of furan rings is 1. The van der Waals surface area contributed by atoms with Crippen LogP contribution in [0.15, 0.2) is 59.4 Å². The first-order valence-corrected chi connectivity index (χ1v) is 7.16. The second kappa shape index (κ2) is 6.74. The normalized spacial score (nSPS) is 11.0. The molecule has 6 heteroatoms. The van der Waals surface area contributed by atoms with Crippen molar-refractivity contribution in [1.29, 1.82) is 0 Å². The van der Waals surface area contributed by atoms with E-state index in [0.717, 1.165) is 17.1 Å². The molecule has 0 aliphatic rings. The highest BCUT2D eigenvalue weighted by Crippen LogP contribution is 2.16. The summed E-state index contributed by atoms with van der Waals surface area (Å²) in [7, 11) is 1.85. The van der Waals surface area contributed by atoms with Gasteiger partial charge in [-0.2, -0.15) is 5.10 Å². The number of rotatable bonds is 5. The maximum absolute atomic E-state index is 11.8. The van der Waals surface area contributed by atoms with Crippen LogP contribution >= 0.6 is 0 Å². The van der Waals surface area contributed by atoms with Gasteiger partial charge in [0.15, 0.2) is 0 Å². The fourth-order valence-corrected chi connectivity index (χ4v) is 2.15. The van der Waals surface area contributed by atoms with E-state index in [0.29, 0.717) is 12.3 Å². The number of hydrogen-bond acceptors (Lipinski definition) is 4. The lowest BCUT2D eigenvalue weighted by molar-refractivity contribution is -0.116. The van der Waals surface area contributed by atoms with Crippen molar-refractivity contribution >= 4 is 12.0 Å². The van der Waals surface area contributed by atoms with Crippen LogP contribution in [-0.2, 0) is 18.4 Å². The Hall–Kier alpha value is -3.15. The number of nitrogens with zero attached hydrogens (tertiary/aromatic N) is 3. The van der Waals surface area contributed by atoms with Gasteiger partial charge >= 0.3 is 0 Å². The largest absolute Gasteiger partial charge is 0.465 e. The number of pyridine rings is 1. The van der Waals surface area contributed by atoms with Gasteiger partial charge in [-0.15, -0.1) is 0 Å². The third-order valence-corrected chi connectivity index (χ3v) is 3.24. The predicted molar refractivity (Wildman–Crippen MR) is 86.0 cm³/mol. The van der Waals surface area contributed by atoms with Crippen molar-refractivity contribution in [2.24, 2.45) is 7.05 Å². The number of carbonyl (C=O) groups is 1. The van der Waals surface area contributed by atoms with Crippen LogP contribution in [0.3, 0.4) is 0 Å². The van der Waals surface area contributed by atoms with Crippen molar-refractivity contribution in [3.8, 4) is 11.4 Å². The van der Waals surface area contributed by atoms with E-state index in [4.69, 9.17) is 4.42 Å². The number of amides is 1. The molecule has 0 aliphatic carbocycles. The molecule has 0 radical (unpaired) electrons. The van der Waals surface area contributed by atoms with E-state index in [1.807, 2.05) is 31.3 Å². The summed E-state index contributed by atoms with van der Waals surface area (Å²) in [6.45, 7) is 0.349. The maximum Gasteiger partial charge on any atom is 0.244 e. The van der Waals surface area contributed by atoms with Crippen LogP contribution < -0.4 is 5.32 Å². The number of carbonyl (C=O) groups excluding carboxylic acids is 1. The molecule has 0 aliphatic heterocycles. The van der Waals surface area contributed by atoms with Gasteiger partial charge in [0, 0.05) is 19.3 Å². The van der Waals surface area contributed by atoms with Gasteiger partial charge in [-0.05, 0) is 36.4 Å². The molecule has 0 aromatic carbocycles. The van der Waals surface area contributed by atoms with Crippen LogP contribution in [0, 0.1) is 0 Å². The number of hydrogen-bond donors (Lipinski definition) is 1. The molecule has 0 saturated heterocycles. The predicted octanol–water partition coefficient (Wildman–Crippen LogP) is 2.40. The summed E-state index contributed by atoms with van der Waals surface area (Å²) >= 11 is 0. The zero-order valence-electron chi connectivity index (χ0n) is 12.6. The highest BCUT2D eigenvalue weighted by Gasteiger charge is 2.08. The van der Waals surface area contributed by atoms with Crippen LogP contribution in [0.2, 0.25) is 0 Å². The fraction of sp³-hybridized carbons (Fsp3) is 0.118. The summed E-state index contributed by atoms with van der Waals surface area (Å²) in [6, 6.07) is 11.2. The van der Waals surface area contributed by atoms with E-state index in [1.165, 1.54) is 6.08 Å². The zero-order valence-corrected chi connectivity index (χ0v) is 12.6. The van der Waals surface area contributed by atoms with Gasteiger partial charge in [0.2, 0.25) is 5.91 Å². The van der Waals surface area contributed by atoms with Gasteiger partial charge in [-0.3, -0.25) is 14.5 Å². The van der Waals surface area contributed by atoms with Gasteiger partial charge in [-0.1, -0.05) is 6.07 Å². The average Bonchev–Trinajstić information content (AvgIpc) is 3.21. The van der Waals surface area contributed by atoms with Crippen LogP contribution in [-0.4, -0.2) is 20.7 Å². The van der Waals surface area contributed by atoms with Crippen molar-refractivity contribution in [1.82, 2.24) is 20.1 Å². The van der Waals surface area contributed by atoms with Crippen LogP contribution in [0.1, 0.15) is 11.5 Å². The Morgan fingerprint density at radius 1 is 1.35 bits per heavy atom. The van der Waals surface area contributed by atoms with Crippen molar-refractivity contribution in [2.45, 2.75) is 6.54 Å². The smallest absolute Gasteiger partial charge is 0.244 e. The molecule has 23 heavy (non-hydrogen) atoms. The van der Waals surface area contributed by atoms with E-state index in [1.54, 1.807) is 35.4 Å². The van der Waals surface area contributed by atoms with Gasteiger partial charge < -0.3 is 9.73 Å². The Labute approximate surface area is 133 Å². The van der Waals surface area contributed by atoms with Crippen LogP contribution in [0.25, 0.3) is 17.5 Å². The first-order chi connectivity index (χ1) is 11.2. The maximum atomic E-state index is 11.8. The summed E-state index contributed by atoms with van der Waals surface area (Å²) in [4.78, 5) is 16.1. The minimum absolute atomic E-state index is 0.202. The second-order valence-corrected chi connectivity index (χ2v) is 4.93. The molecular formula is C17H16N4O2. The number of aromatic nitrogens is 3. The van der Waals surface area contributed by atoms with Crippen LogP contribution in [0.5, 0.6) is 0 Å². The SMILES string of the molecule is Cn1nc(CNC(=O)/C=C/c2ccco2)cc1-c1ccccn1. The lowest BCUT2D eigenvalue weighted by Crippen LogP contribution is -2.20. The second-order valence-electron chi connectivity index (χ2n) is 4.93. The molecule has 1 N–H and O–H groups in total. The van der Waals surface area contributed by atoms with Crippen molar-refractivity contribution < 1.29 is 9.21 Å². The lowest BCUT2D eigenvalue weighted by atomic mass is 10.2. The Balaban J connectivity index is 1.62. The molecule has 0 fully saturated rings. The molecule has 1 amide bonds. The molecule has 0 spiro atoms. The third kappa shape index (κ3) is 3.74. The first kappa shape index (κ1) is 14.8. The summed E-state index contributed by atoms with van der Waals surface area (Å²) in [5.41, 5.74) is 2.52. The van der Waals surface area contributed by atoms with Gasteiger partial charge in [0.05, 0.1) is 29.9 Å². The van der Waals surface area contributed by atoms with Crippen molar-refractivity contribution in [3.63, 3.8) is 0 Å². The molecule has 3 rings (SSSR count). The Bertz CT molecular complexity index is 805. The van der Waals surface area contributed by atoms with Gasteiger partial charge in [0.25, 0.3) is 0 Å². The molecular weight excluding hydrogens is 292 g/mol. The summed E-state index contributed by atoms with van der Waals surface area (Å²) in [5.74, 6) is 0.432. The van der Waals surface area contributed by atoms with E-state index in [2.05, 4.69) is 15.4 Å². The number of nitrogens with one attached hydrogen (secondary N) is 1. The number of aryl methyl sites for hydroxylation is 1. The monoisotopic (exact) mass is 308 g/mol. The van der Waals surface area contributed by atoms with E-state index < -0.39 is 0 Å². The molecule has 116 valence electrons. The topological polar surface area (TPSA) is 73.0 Å². The summed E-state index contributed by atoms with van der Waals surface area (Å²) in [6.07, 6.45) is 6.35. The van der Waals surface area contributed by atoms with Gasteiger partial charge in [-0.25, -0.2) is 0 Å². The molecule has 0 atom stereocenters. The zero-order chi connectivity index (χ0) is 16.1.